The van der Waals surface area contributed by atoms with Crippen molar-refractivity contribution >= 4 is 8.07 Å². The summed E-state index contributed by atoms with van der Waals surface area (Å²) in [6.45, 7) is 6.59. The van der Waals surface area contributed by atoms with Crippen LogP contribution < -0.4 is 0 Å². The van der Waals surface area contributed by atoms with Crippen molar-refractivity contribution in [2.45, 2.75) is 51.4 Å². The summed E-state index contributed by atoms with van der Waals surface area (Å²) in [4.78, 5) is 0. The molecule has 0 saturated heterocycles. The number of hydrogen-bond acceptors (Lipinski definition) is 1. The Morgan fingerprint density at radius 3 is 2.57 bits per heavy atom. The van der Waals surface area contributed by atoms with Gasteiger partial charge in [0.25, 0.3) is 0 Å². The van der Waals surface area contributed by atoms with Gasteiger partial charge in [0.2, 0.25) is 0 Å². The van der Waals surface area contributed by atoms with Gasteiger partial charge in [0.05, 0.1) is 0 Å². The van der Waals surface area contributed by atoms with Crippen molar-refractivity contribution in [1.82, 2.24) is 0 Å². The van der Waals surface area contributed by atoms with Crippen molar-refractivity contribution in [2.75, 3.05) is 0 Å². The lowest BCUT2D eigenvalue weighted by molar-refractivity contribution is 0.260. The molecule has 1 nitrogen and oxygen atoms in total. The maximum Gasteiger partial charge on any atom is 0.135 e. The standard InChI is InChI=1S/C12H20OSi/c1-14(2,3)10-9-12(13)11-7-5-4-6-8-11/h7,12-13H,4-6,8H2,1-3H3/t12-/m0/s1. The molecular formula is C12H20OSi. The van der Waals surface area contributed by atoms with Crippen LogP contribution in [-0.2, 0) is 0 Å². The molecule has 14 heavy (non-hydrogen) atoms. The molecule has 1 aliphatic rings. The molecule has 0 spiro atoms. The van der Waals surface area contributed by atoms with Crippen molar-refractivity contribution in [3.05, 3.63) is 11.6 Å². The van der Waals surface area contributed by atoms with Crippen LogP contribution in [0.1, 0.15) is 25.7 Å². The molecule has 2 heteroatoms. The largest absolute Gasteiger partial charge is 0.376 e. The first-order valence-electron chi connectivity index (χ1n) is 5.39. The molecular weight excluding hydrogens is 188 g/mol. The smallest absolute Gasteiger partial charge is 0.135 e. The Morgan fingerprint density at radius 1 is 1.36 bits per heavy atom. The molecule has 78 valence electrons. The van der Waals surface area contributed by atoms with Crippen LogP contribution in [0.15, 0.2) is 11.6 Å². The molecule has 0 aliphatic heterocycles. The highest BCUT2D eigenvalue weighted by molar-refractivity contribution is 6.83. The van der Waals surface area contributed by atoms with Gasteiger partial charge in [-0.2, -0.15) is 0 Å². The summed E-state index contributed by atoms with van der Waals surface area (Å²) in [5.74, 6) is 2.99. The van der Waals surface area contributed by atoms with Crippen LogP contribution in [0.25, 0.3) is 0 Å². The summed E-state index contributed by atoms with van der Waals surface area (Å²) in [7, 11) is -1.33. The third kappa shape index (κ3) is 4.12. The van der Waals surface area contributed by atoms with Crippen molar-refractivity contribution in [1.29, 1.82) is 0 Å². The third-order valence-electron chi connectivity index (χ3n) is 2.26. The fourth-order valence-electron chi connectivity index (χ4n) is 1.49. The summed E-state index contributed by atoms with van der Waals surface area (Å²) in [6.07, 6.45) is 6.27. The van der Waals surface area contributed by atoms with E-state index >= 15 is 0 Å². The molecule has 0 amide bonds. The lowest BCUT2D eigenvalue weighted by Gasteiger charge is -2.14. The van der Waals surface area contributed by atoms with Gasteiger partial charge < -0.3 is 5.11 Å². The summed E-state index contributed by atoms with van der Waals surface area (Å²) in [5.41, 5.74) is 4.36. The molecule has 0 unspecified atom stereocenters. The van der Waals surface area contributed by atoms with Crippen molar-refractivity contribution in [2.24, 2.45) is 0 Å². The van der Waals surface area contributed by atoms with Crippen molar-refractivity contribution in [3.8, 4) is 11.5 Å². The summed E-state index contributed by atoms with van der Waals surface area (Å²) >= 11 is 0. The minimum atomic E-state index is -1.33. The Morgan fingerprint density at radius 2 is 2.07 bits per heavy atom. The van der Waals surface area contributed by atoms with E-state index in [0.29, 0.717) is 0 Å². The second kappa shape index (κ2) is 4.81. The van der Waals surface area contributed by atoms with Crippen LogP contribution in [0.2, 0.25) is 19.6 Å². The fourth-order valence-corrected chi connectivity index (χ4v) is 2.06. The monoisotopic (exact) mass is 208 g/mol. The van der Waals surface area contributed by atoms with Gasteiger partial charge in [0, 0.05) is 0 Å². The second-order valence-electron chi connectivity index (χ2n) is 4.95. The Labute approximate surface area is 88.2 Å². The lowest BCUT2D eigenvalue weighted by Crippen LogP contribution is -2.18. The summed E-state index contributed by atoms with van der Waals surface area (Å²) in [6, 6.07) is 0. The predicted octanol–water partition coefficient (Wildman–Crippen LogP) is 2.73. The van der Waals surface area contributed by atoms with Gasteiger partial charge in [-0.25, -0.2) is 0 Å². The number of aliphatic hydroxyl groups excluding tert-OH is 1. The van der Waals surface area contributed by atoms with Crippen LogP contribution in [0.4, 0.5) is 0 Å². The Kier molecular flexibility index (Phi) is 3.97. The van der Waals surface area contributed by atoms with Gasteiger partial charge in [-0.3, -0.25) is 0 Å². The highest BCUT2D eigenvalue weighted by Gasteiger charge is 2.12. The maximum atomic E-state index is 9.82. The summed E-state index contributed by atoms with van der Waals surface area (Å²) in [5, 5.41) is 9.82. The molecule has 0 heterocycles. The number of rotatable bonds is 1. The number of allylic oxidation sites excluding steroid dienone is 1. The molecule has 0 saturated carbocycles. The molecule has 0 aromatic rings. The number of aliphatic hydroxyl groups is 1. The maximum absolute atomic E-state index is 9.82. The van der Waals surface area contributed by atoms with Gasteiger partial charge >= 0.3 is 0 Å². The normalized spacial score (nSPS) is 19.3. The molecule has 0 aromatic carbocycles. The van der Waals surface area contributed by atoms with Crippen LogP contribution >= 0.6 is 0 Å². The first-order valence-corrected chi connectivity index (χ1v) is 8.89. The molecule has 0 bridgehead atoms. The van der Waals surface area contributed by atoms with Gasteiger partial charge in [0.15, 0.2) is 0 Å². The van der Waals surface area contributed by atoms with Gasteiger partial charge in [-0.15, -0.1) is 5.54 Å². The van der Waals surface area contributed by atoms with Crippen molar-refractivity contribution in [3.63, 3.8) is 0 Å². The first-order chi connectivity index (χ1) is 6.49. The number of hydrogen-bond donors (Lipinski definition) is 1. The fraction of sp³-hybridized carbons (Fsp3) is 0.667. The van der Waals surface area contributed by atoms with Crippen LogP contribution in [-0.4, -0.2) is 19.3 Å². The van der Waals surface area contributed by atoms with Gasteiger partial charge in [-0.05, 0) is 31.3 Å². The van der Waals surface area contributed by atoms with Crippen LogP contribution in [0.5, 0.6) is 0 Å². The highest BCUT2D eigenvalue weighted by Crippen LogP contribution is 2.19. The van der Waals surface area contributed by atoms with E-state index in [1.807, 2.05) is 0 Å². The van der Waals surface area contributed by atoms with E-state index < -0.39 is 14.2 Å². The van der Waals surface area contributed by atoms with Gasteiger partial charge in [0.1, 0.15) is 14.2 Å². The predicted molar refractivity (Wildman–Crippen MR) is 63.7 cm³/mol. The molecule has 0 radical (unpaired) electrons. The van der Waals surface area contributed by atoms with E-state index in [2.05, 4.69) is 37.2 Å². The van der Waals surface area contributed by atoms with E-state index in [4.69, 9.17) is 0 Å². The minimum Gasteiger partial charge on any atom is -0.376 e. The average Bonchev–Trinajstić information content (AvgIpc) is 2.14. The zero-order chi connectivity index (χ0) is 10.6. The Balaban J connectivity index is 2.60. The van der Waals surface area contributed by atoms with Gasteiger partial charge in [-0.1, -0.05) is 31.6 Å². The second-order valence-corrected chi connectivity index (χ2v) is 9.70. The SMILES string of the molecule is C[Si](C)(C)C#C[C@H](O)C1=CCCCC1. The average molecular weight is 208 g/mol. The quantitative estimate of drug-likeness (QED) is 0.399. The Hall–Kier alpha value is -0.523. The molecule has 1 N–H and O–H groups in total. The molecule has 0 aromatic heterocycles. The van der Waals surface area contributed by atoms with Crippen LogP contribution in [0, 0.1) is 11.5 Å². The topological polar surface area (TPSA) is 20.2 Å². The zero-order valence-corrected chi connectivity index (χ0v) is 10.4. The molecule has 0 fully saturated rings. The molecule has 1 rings (SSSR count). The first kappa shape index (κ1) is 11.6. The van der Waals surface area contributed by atoms with E-state index in [-0.39, 0.29) is 0 Å². The summed E-state index contributed by atoms with van der Waals surface area (Å²) < 4.78 is 0. The Bertz CT molecular complexity index is 275. The van der Waals surface area contributed by atoms with E-state index in [0.717, 1.165) is 18.4 Å². The molecule has 1 aliphatic carbocycles. The minimum absolute atomic E-state index is 0.498. The van der Waals surface area contributed by atoms with E-state index in [9.17, 15) is 5.11 Å². The highest BCUT2D eigenvalue weighted by atomic mass is 28.3. The zero-order valence-electron chi connectivity index (χ0n) is 9.43. The van der Waals surface area contributed by atoms with Crippen LogP contribution in [0.3, 0.4) is 0 Å². The third-order valence-corrected chi connectivity index (χ3v) is 3.16. The molecule has 1 atom stereocenters. The van der Waals surface area contributed by atoms with Crippen molar-refractivity contribution < 1.29 is 5.11 Å². The van der Waals surface area contributed by atoms with E-state index in [1.54, 1.807) is 0 Å². The van der Waals surface area contributed by atoms with E-state index in [1.165, 1.54) is 12.8 Å². The lowest BCUT2D eigenvalue weighted by atomic mass is 9.96.